The standard InChI is InChI=1S/C16H17N5/c1-3-6-19-10-13-4-5-14(7-12(13)2)21-11-20-15(8-17)16(21)9-18/h4-5,7,11,19H,3,6,10H2,1-2H3. The van der Waals surface area contributed by atoms with Crippen LogP contribution in [0.3, 0.4) is 0 Å². The van der Waals surface area contributed by atoms with Crippen LogP contribution in [-0.2, 0) is 6.54 Å². The van der Waals surface area contributed by atoms with Crippen molar-refractivity contribution in [3.8, 4) is 17.8 Å². The molecule has 0 fully saturated rings. The van der Waals surface area contributed by atoms with E-state index >= 15 is 0 Å². The smallest absolute Gasteiger partial charge is 0.177 e. The van der Waals surface area contributed by atoms with Crippen molar-refractivity contribution in [2.45, 2.75) is 26.8 Å². The van der Waals surface area contributed by atoms with Gasteiger partial charge in [-0.1, -0.05) is 13.0 Å². The monoisotopic (exact) mass is 279 g/mol. The SMILES string of the molecule is CCCNCc1ccc(-n2cnc(C#N)c2C#N)cc1C. The number of rotatable bonds is 5. The molecule has 1 aromatic carbocycles. The van der Waals surface area contributed by atoms with E-state index in [-0.39, 0.29) is 11.4 Å². The zero-order chi connectivity index (χ0) is 15.2. The lowest BCUT2D eigenvalue weighted by molar-refractivity contribution is 0.673. The first kappa shape index (κ1) is 14.8. The van der Waals surface area contributed by atoms with Crippen molar-refractivity contribution >= 4 is 0 Å². The molecule has 0 bridgehead atoms. The molecule has 2 aromatic rings. The molecule has 5 nitrogen and oxygen atoms in total. The molecule has 0 atom stereocenters. The van der Waals surface area contributed by atoms with Crippen LogP contribution >= 0.6 is 0 Å². The molecule has 21 heavy (non-hydrogen) atoms. The summed E-state index contributed by atoms with van der Waals surface area (Å²) in [7, 11) is 0. The average molecular weight is 279 g/mol. The molecule has 0 saturated carbocycles. The maximum absolute atomic E-state index is 9.18. The summed E-state index contributed by atoms with van der Waals surface area (Å²) in [6, 6.07) is 9.96. The Kier molecular flexibility index (Phi) is 4.71. The number of imidazole rings is 1. The van der Waals surface area contributed by atoms with Crippen LogP contribution in [0.5, 0.6) is 0 Å². The van der Waals surface area contributed by atoms with Gasteiger partial charge in [0.05, 0.1) is 0 Å². The Hall–Kier alpha value is -2.63. The molecule has 1 aromatic heterocycles. The maximum Gasteiger partial charge on any atom is 0.177 e. The lowest BCUT2D eigenvalue weighted by Crippen LogP contribution is -2.14. The summed E-state index contributed by atoms with van der Waals surface area (Å²) in [5.41, 5.74) is 3.65. The van der Waals surface area contributed by atoms with Gasteiger partial charge >= 0.3 is 0 Å². The van der Waals surface area contributed by atoms with E-state index in [0.29, 0.717) is 0 Å². The predicted molar refractivity (Wildman–Crippen MR) is 79.7 cm³/mol. The van der Waals surface area contributed by atoms with Crippen LogP contribution in [0.25, 0.3) is 5.69 Å². The van der Waals surface area contributed by atoms with Gasteiger partial charge in [-0.25, -0.2) is 4.98 Å². The van der Waals surface area contributed by atoms with Crippen molar-refractivity contribution in [2.75, 3.05) is 6.54 Å². The van der Waals surface area contributed by atoms with Crippen LogP contribution in [0.1, 0.15) is 35.9 Å². The number of benzene rings is 1. The lowest BCUT2D eigenvalue weighted by Gasteiger charge is -2.10. The molecule has 0 saturated heterocycles. The molecule has 1 heterocycles. The minimum absolute atomic E-state index is 0.156. The van der Waals surface area contributed by atoms with E-state index in [1.165, 1.54) is 11.9 Å². The number of hydrogen-bond donors (Lipinski definition) is 1. The Labute approximate surface area is 124 Å². The van der Waals surface area contributed by atoms with Crippen LogP contribution in [0, 0.1) is 29.6 Å². The minimum Gasteiger partial charge on any atom is -0.313 e. The molecule has 106 valence electrons. The van der Waals surface area contributed by atoms with Gasteiger partial charge in [0, 0.05) is 12.2 Å². The molecule has 0 aliphatic heterocycles. The second-order valence-electron chi connectivity index (χ2n) is 4.82. The summed E-state index contributed by atoms with van der Waals surface area (Å²) < 4.78 is 1.65. The minimum atomic E-state index is 0.156. The highest BCUT2D eigenvalue weighted by atomic mass is 15.1. The molecule has 0 unspecified atom stereocenters. The molecule has 0 amide bonds. The van der Waals surface area contributed by atoms with Gasteiger partial charge < -0.3 is 5.32 Å². The van der Waals surface area contributed by atoms with Gasteiger partial charge in [0.25, 0.3) is 0 Å². The summed E-state index contributed by atoms with van der Waals surface area (Å²) in [5, 5.41) is 21.5. The maximum atomic E-state index is 9.18. The second-order valence-corrected chi connectivity index (χ2v) is 4.82. The number of nitrogens with zero attached hydrogens (tertiary/aromatic N) is 4. The van der Waals surface area contributed by atoms with Crippen LogP contribution in [0.2, 0.25) is 0 Å². The van der Waals surface area contributed by atoms with Crippen molar-refractivity contribution in [1.29, 1.82) is 10.5 Å². The zero-order valence-electron chi connectivity index (χ0n) is 12.2. The van der Waals surface area contributed by atoms with Crippen molar-refractivity contribution in [3.63, 3.8) is 0 Å². The van der Waals surface area contributed by atoms with Crippen molar-refractivity contribution < 1.29 is 0 Å². The molecule has 0 aliphatic carbocycles. The van der Waals surface area contributed by atoms with Gasteiger partial charge in [0.1, 0.15) is 18.5 Å². The third-order valence-corrected chi connectivity index (χ3v) is 3.33. The van der Waals surface area contributed by atoms with Crippen molar-refractivity contribution in [1.82, 2.24) is 14.9 Å². The molecular formula is C16H17N5. The van der Waals surface area contributed by atoms with Gasteiger partial charge in [0.15, 0.2) is 11.4 Å². The fourth-order valence-corrected chi connectivity index (χ4v) is 2.16. The summed E-state index contributed by atoms with van der Waals surface area (Å²) >= 11 is 0. The lowest BCUT2D eigenvalue weighted by atomic mass is 10.1. The van der Waals surface area contributed by atoms with Gasteiger partial charge in [-0.05, 0) is 43.1 Å². The molecule has 5 heteroatoms. The van der Waals surface area contributed by atoms with Gasteiger partial charge in [-0.15, -0.1) is 0 Å². The molecule has 2 rings (SSSR count). The quantitative estimate of drug-likeness (QED) is 0.853. The van der Waals surface area contributed by atoms with Crippen LogP contribution in [0.4, 0.5) is 0 Å². The topological polar surface area (TPSA) is 77.4 Å². The molecule has 1 N–H and O–H groups in total. The summed E-state index contributed by atoms with van der Waals surface area (Å²) in [6.45, 7) is 6.00. The zero-order valence-corrected chi connectivity index (χ0v) is 12.2. The number of aryl methyl sites for hydroxylation is 1. The fraction of sp³-hybridized carbons (Fsp3) is 0.312. The Morgan fingerprint density at radius 3 is 2.71 bits per heavy atom. The largest absolute Gasteiger partial charge is 0.313 e. The summed E-state index contributed by atoms with van der Waals surface area (Å²) in [5.74, 6) is 0. The number of nitrogens with one attached hydrogen (secondary N) is 1. The summed E-state index contributed by atoms with van der Waals surface area (Å²) in [6.07, 6.45) is 2.62. The first-order valence-corrected chi connectivity index (χ1v) is 6.89. The Balaban J connectivity index is 2.31. The first-order valence-electron chi connectivity index (χ1n) is 6.89. The third kappa shape index (κ3) is 3.10. The van der Waals surface area contributed by atoms with Gasteiger partial charge in [0.2, 0.25) is 0 Å². The number of aromatic nitrogens is 2. The highest BCUT2D eigenvalue weighted by Gasteiger charge is 2.12. The van der Waals surface area contributed by atoms with Crippen LogP contribution in [0.15, 0.2) is 24.5 Å². The van der Waals surface area contributed by atoms with Gasteiger partial charge in [-0.3, -0.25) is 4.57 Å². The van der Waals surface area contributed by atoms with E-state index < -0.39 is 0 Å². The number of hydrogen-bond acceptors (Lipinski definition) is 4. The van der Waals surface area contributed by atoms with E-state index in [2.05, 4.69) is 17.2 Å². The van der Waals surface area contributed by atoms with Gasteiger partial charge in [-0.2, -0.15) is 10.5 Å². The fourth-order valence-electron chi connectivity index (χ4n) is 2.16. The van der Waals surface area contributed by atoms with E-state index in [0.717, 1.165) is 30.8 Å². The van der Waals surface area contributed by atoms with E-state index in [4.69, 9.17) is 5.26 Å². The Bertz CT molecular complexity index is 715. The van der Waals surface area contributed by atoms with Crippen molar-refractivity contribution in [3.05, 3.63) is 47.0 Å². The average Bonchev–Trinajstić information content (AvgIpc) is 2.92. The van der Waals surface area contributed by atoms with E-state index in [9.17, 15) is 5.26 Å². The van der Waals surface area contributed by atoms with Crippen LogP contribution < -0.4 is 5.32 Å². The predicted octanol–water partition coefficient (Wildman–Crippen LogP) is 2.42. The van der Waals surface area contributed by atoms with Crippen molar-refractivity contribution in [2.24, 2.45) is 0 Å². The Morgan fingerprint density at radius 1 is 1.29 bits per heavy atom. The van der Waals surface area contributed by atoms with E-state index in [1.807, 2.05) is 37.3 Å². The molecule has 0 radical (unpaired) electrons. The normalized spacial score (nSPS) is 10.1. The summed E-state index contributed by atoms with van der Waals surface area (Å²) in [4.78, 5) is 3.96. The van der Waals surface area contributed by atoms with E-state index in [1.54, 1.807) is 4.57 Å². The number of nitriles is 2. The highest BCUT2D eigenvalue weighted by molar-refractivity contribution is 5.46. The first-order chi connectivity index (χ1) is 10.2. The molecule has 0 aliphatic rings. The molecule has 0 spiro atoms. The second kappa shape index (κ2) is 6.69. The molecular weight excluding hydrogens is 262 g/mol. The highest BCUT2D eigenvalue weighted by Crippen LogP contribution is 2.18. The van der Waals surface area contributed by atoms with Crippen LogP contribution in [-0.4, -0.2) is 16.1 Å². The third-order valence-electron chi connectivity index (χ3n) is 3.33. The Morgan fingerprint density at radius 2 is 2.10 bits per heavy atom.